The summed E-state index contributed by atoms with van der Waals surface area (Å²) in [5, 5.41) is 4.43. The summed E-state index contributed by atoms with van der Waals surface area (Å²) in [4.78, 5) is 11.1. The second-order valence-corrected chi connectivity index (χ2v) is 4.87. The number of thioether (sulfide) groups is 1. The highest BCUT2D eigenvalue weighted by atomic mass is 32.2. The number of likely N-dealkylation sites (N-methyl/N-ethyl adjacent to an activating group) is 1. The average molecular weight is 238 g/mol. The first-order chi connectivity index (χ1) is 7.81. The van der Waals surface area contributed by atoms with Gasteiger partial charge in [-0.1, -0.05) is 0 Å². The molecule has 88 valence electrons. The molecule has 1 aliphatic rings. The quantitative estimate of drug-likeness (QED) is 0.792. The third-order valence-corrected chi connectivity index (χ3v) is 3.71. The largest absolute Gasteiger partial charge is 0.315 e. The molecule has 0 aliphatic carbocycles. The Kier molecular flexibility index (Phi) is 4.15. The van der Waals surface area contributed by atoms with Gasteiger partial charge in [0.2, 0.25) is 0 Å². The fourth-order valence-electron chi connectivity index (χ4n) is 2.01. The zero-order chi connectivity index (χ0) is 11.4. The predicted octanol–water partition coefficient (Wildman–Crippen LogP) is 0.992. The number of hydrogen-bond donors (Lipinski definition) is 1. The van der Waals surface area contributed by atoms with E-state index in [2.05, 4.69) is 27.2 Å². The molecule has 0 radical (unpaired) electrons. The van der Waals surface area contributed by atoms with E-state index in [9.17, 15) is 0 Å². The van der Waals surface area contributed by atoms with Gasteiger partial charge in [-0.25, -0.2) is 4.98 Å². The van der Waals surface area contributed by atoms with E-state index in [-0.39, 0.29) is 0 Å². The third kappa shape index (κ3) is 2.72. The second-order valence-electron chi connectivity index (χ2n) is 4.07. The summed E-state index contributed by atoms with van der Waals surface area (Å²) in [6.07, 6.45) is 6.80. The summed E-state index contributed by atoms with van der Waals surface area (Å²) < 4.78 is 0. The van der Waals surface area contributed by atoms with Crippen molar-refractivity contribution in [2.45, 2.75) is 24.0 Å². The van der Waals surface area contributed by atoms with Crippen LogP contribution in [-0.4, -0.2) is 47.3 Å². The summed E-state index contributed by atoms with van der Waals surface area (Å²) in [5.74, 6) is 0. The van der Waals surface area contributed by atoms with E-state index >= 15 is 0 Å². The van der Waals surface area contributed by atoms with Gasteiger partial charge in [-0.3, -0.25) is 9.88 Å². The third-order valence-electron chi connectivity index (χ3n) is 2.99. The van der Waals surface area contributed by atoms with Gasteiger partial charge in [0, 0.05) is 31.5 Å². The highest BCUT2D eigenvalue weighted by Crippen LogP contribution is 2.17. The molecule has 0 spiro atoms. The van der Waals surface area contributed by atoms with Crippen LogP contribution in [0.2, 0.25) is 0 Å². The van der Waals surface area contributed by atoms with Crippen molar-refractivity contribution in [3.8, 4) is 0 Å². The molecule has 1 fully saturated rings. The van der Waals surface area contributed by atoms with E-state index < -0.39 is 0 Å². The summed E-state index contributed by atoms with van der Waals surface area (Å²) in [6.45, 7) is 3.10. The van der Waals surface area contributed by atoms with E-state index in [0.717, 1.165) is 30.4 Å². The van der Waals surface area contributed by atoms with Crippen LogP contribution in [0.25, 0.3) is 0 Å². The van der Waals surface area contributed by atoms with Crippen molar-refractivity contribution in [1.29, 1.82) is 0 Å². The molecule has 4 nitrogen and oxygen atoms in total. The van der Waals surface area contributed by atoms with Crippen LogP contribution in [0.1, 0.15) is 12.1 Å². The van der Waals surface area contributed by atoms with Crippen molar-refractivity contribution in [1.82, 2.24) is 20.2 Å². The van der Waals surface area contributed by atoms with Crippen LogP contribution in [0.4, 0.5) is 0 Å². The van der Waals surface area contributed by atoms with Crippen molar-refractivity contribution in [2.75, 3.05) is 26.4 Å². The maximum Gasteiger partial charge on any atom is 0.119 e. The summed E-state index contributed by atoms with van der Waals surface area (Å²) in [7, 11) is 2.16. The molecule has 0 amide bonds. The Morgan fingerprint density at radius 2 is 2.31 bits per heavy atom. The van der Waals surface area contributed by atoms with Crippen LogP contribution in [-0.2, 0) is 6.54 Å². The first kappa shape index (κ1) is 11.8. The molecule has 5 heteroatoms. The minimum absolute atomic E-state index is 0.636. The van der Waals surface area contributed by atoms with Crippen LogP contribution >= 0.6 is 11.8 Å². The maximum atomic E-state index is 4.42. The molecule has 0 aromatic carbocycles. The zero-order valence-electron chi connectivity index (χ0n) is 9.81. The predicted molar refractivity (Wildman–Crippen MR) is 66.6 cm³/mol. The minimum Gasteiger partial charge on any atom is -0.315 e. The lowest BCUT2D eigenvalue weighted by Crippen LogP contribution is -2.33. The summed E-state index contributed by atoms with van der Waals surface area (Å²) in [5.41, 5.74) is 1.09. The van der Waals surface area contributed by atoms with Crippen LogP contribution in [0.5, 0.6) is 0 Å². The highest BCUT2D eigenvalue weighted by Gasteiger charge is 2.20. The Balaban J connectivity index is 2.01. The SMILES string of the molecule is CSc1nccnc1CN(C)[C@@H]1CCNC1. The maximum absolute atomic E-state index is 4.42. The molecule has 0 saturated carbocycles. The molecule has 0 bridgehead atoms. The fourth-order valence-corrected chi connectivity index (χ4v) is 2.53. The Bertz CT molecular complexity index is 339. The Hall–Kier alpha value is -0.650. The van der Waals surface area contributed by atoms with Crippen LogP contribution < -0.4 is 5.32 Å². The lowest BCUT2D eigenvalue weighted by molar-refractivity contribution is 0.243. The summed E-state index contributed by atoms with van der Waals surface area (Å²) >= 11 is 1.66. The van der Waals surface area contributed by atoms with Gasteiger partial charge < -0.3 is 5.32 Å². The Morgan fingerprint density at radius 3 is 3.00 bits per heavy atom. The summed E-state index contributed by atoms with van der Waals surface area (Å²) in [6, 6.07) is 0.636. The number of aromatic nitrogens is 2. The van der Waals surface area contributed by atoms with Gasteiger partial charge in [-0.15, -0.1) is 11.8 Å². The Labute approximate surface area is 101 Å². The molecule has 0 unspecified atom stereocenters. The van der Waals surface area contributed by atoms with Gasteiger partial charge in [0.1, 0.15) is 5.03 Å². The normalized spacial score (nSPS) is 20.6. The molecule has 1 atom stereocenters. The van der Waals surface area contributed by atoms with Gasteiger partial charge in [-0.05, 0) is 26.3 Å². The molecule has 2 heterocycles. The van der Waals surface area contributed by atoms with Gasteiger partial charge >= 0.3 is 0 Å². The molecule has 1 aromatic rings. The van der Waals surface area contributed by atoms with E-state index in [1.54, 1.807) is 24.2 Å². The van der Waals surface area contributed by atoms with Crippen molar-refractivity contribution in [2.24, 2.45) is 0 Å². The van der Waals surface area contributed by atoms with E-state index in [4.69, 9.17) is 0 Å². The molecule has 1 saturated heterocycles. The molecule has 1 N–H and O–H groups in total. The smallest absolute Gasteiger partial charge is 0.119 e. The number of nitrogens with one attached hydrogen (secondary N) is 1. The van der Waals surface area contributed by atoms with Crippen LogP contribution in [0.15, 0.2) is 17.4 Å². The van der Waals surface area contributed by atoms with Crippen molar-refractivity contribution in [3.05, 3.63) is 18.1 Å². The van der Waals surface area contributed by atoms with Crippen molar-refractivity contribution in [3.63, 3.8) is 0 Å². The van der Waals surface area contributed by atoms with Crippen LogP contribution in [0.3, 0.4) is 0 Å². The highest BCUT2D eigenvalue weighted by molar-refractivity contribution is 7.98. The van der Waals surface area contributed by atoms with Gasteiger partial charge in [0.05, 0.1) is 5.69 Å². The first-order valence-corrected chi connectivity index (χ1v) is 6.78. The van der Waals surface area contributed by atoms with Gasteiger partial charge in [0.25, 0.3) is 0 Å². The van der Waals surface area contributed by atoms with E-state index in [0.29, 0.717) is 6.04 Å². The number of rotatable bonds is 4. The number of hydrogen-bond acceptors (Lipinski definition) is 5. The lowest BCUT2D eigenvalue weighted by atomic mass is 10.2. The molecular formula is C11H18N4S. The molecule has 16 heavy (non-hydrogen) atoms. The van der Waals surface area contributed by atoms with Crippen molar-refractivity contribution >= 4 is 11.8 Å². The molecule has 1 aromatic heterocycles. The molecule has 2 rings (SSSR count). The minimum atomic E-state index is 0.636. The first-order valence-electron chi connectivity index (χ1n) is 5.56. The zero-order valence-corrected chi connectivity index (χ0v) is 10.6. The number of nitrogens with zero attached hydrogens (tertiary/aromatic N) is 3. The van der Waals surface area contributed by atoms with Crippen molar-refractivity contribution < 1.29 is 0 Å². The Morgan fingerprint density at radius 1 is 1.50 bits per heavy atom. The molecule has 1 aliphatic heterocycles. The molecular weight excluding hydrogens is 220 g/mol. The fraction of sp³-hybridized carbons (Fsp3) is 0.636. The topological polar surface area (TPSA) is 41.1 Å². The van der Waals surface area contributed by atoms with E-state index in [1.807, 2.05) is 6.26 Å². The van der Waals surface area contributed by atoms with E-state index in [1.165, 1.54) is 6.42 Å². The lowest BCUT2D eigenvalue weighted by Gasteiger charge is -2.23. The second kappa shape index (κ2) is 5.61. The monoisotopic (exact) mass is 238 g/mol. The standard InChI is InChI=1S/C11H18N4S/c1-15(9-3-4-12-7-9)8-10-11(16-2)14-6-5-13-10/h5-6,9,12H,3-4,7-8H2,1-2H3/t9-/m1/s1. The van der Waals surface area contributed by atoms with Gasteiger partial charge in [0.15, 0.2) is 0 Å². The van der Waals surface area contributed by atoms with Crippen LogP contribution in [0, 0.1) is 0 Å². The average Bonchev–Trinajstić information content (AvgIpc) is 2.83. The van der Waals surface area contributed by atoms with Gasteiger partial charge in [-0.2, -0.15) is 0 Å².